The van der Waals surface area contributed by atoms with E-state index in [1.807, 2.05) is 6.92 Å². The van der Waals surface area contributed by atoms with E-state index in [0.717, 1.165) is 0 Å². The lowest BCUT2D eigenvalue weighted by Gasteiger charge is -2.03. The summed E-state index contributed by atoms with van der Waals surface area (Å²) in [7, 11) is 0. The Morgan fingerprint density at radius 1 is 1.73 bits per heavy atom. The van der Waals surface area contributed by atoms with Gasteiger partial charge in [0.25, 0.3) is 0 Å². The number of imidazole rings is 1. The molecular formula is C6H10N4O. The van der Waals surface area contributed by atoms with E-state index < -0.39 is 0 Å². The van der Waals surface area contributed by atoms with Gasteiger partial charge in [-0.1, -0.05) is 6.92 Å². The van der Waals surface area contributed by atoms with Crippen LogP contribution in [0.1, 0.15) is 6.92 Å². The summed E-state index contributed by atoms with van der Waals surface area (Å²) in [5.74, 6) is 0. The van der Waals surface area contributed by atoms with E-state index in [-0.39, 0.29) is 6.03 Å². The number of rotatable bonds is 2. The quantitative estimate of drug-likeness (QED) is 0.588. The summed E-state index contributed by atoms with van der Waals surface area (Å²) in [6.07, 6.45) is 4.56. The van der Waals surface area contributed by atoms with Crippen LogP contribution in [0.25, 0.3) is 0 Å². The smallest absolute Gasteiger partial charge is 0.273 e. The number of carbonyl (C=O) groups is 1. The Bertz CT molecular complexity index is 218. The third kappa shape index (κ3) is 2.05. The fraction of sp³-hybridized carbons (Fsp3) is 0.333. The fourth-order valence-electron chi connectivity index (χ4n) is 0.608. The van der Waals surface area contributed by atoms with Crippen molar-refractivity contribution in [2.75, 3.05) is 6.54 Å². The van der Waals surface area contributed by atoms with Crippen LogP contribution in [0.5, 0.6) is 0 Å². The van der Waals surface area contributed by atoms with Gasteiger partial charge in [0.05, 0.1) is 0 Å². The Labute approximate surface area is 64.4 Å². The van der Waals surface area contributed by atoms with Crippen LogP contribution in [0.3, 0.4) is 0 Å². The fourth-order valence-corrected chi connectivity index (χ4v) is 0.608. The summed E-state index contributed by atoms with van der Waals surface area (Å²) in [4.78, 5) is 14.7. The standard InChI is InChI=1S/C6H10N4O/c1-2-8-9-6(11)10-4-3-7-5-10/h3-5,8H,2H2,1H3,(H,9,11). The number of nitrogens with one attached hydrogen (secondary N) is 2. The van der Waals surface area contributed by atoms with Gasteiger partial charge in [0.1, 0.15) is 6.33 Å². The van der Waals surface area contributed by atoms with Crippen molar-refractivity contribution in [1.82, 2.24) is 20.4 Å². The van der Waals surface area contributed by atoms with E-state index in [1.54, 1.807) is 12.4 Å². The molecule has 0 aliphatic rings. The van der Waals surface area contributed by atoms with E-state index >= 15 is 0 Å². The van der Waals surface area contributed by atoms with Crippen molar-refractivity contribution in [3.05, 3.63) is 18.7 Å². The van der Waals surface area contributed by atoms with Crippen LogP contribution >= 0.6 is 0 Å². The first-order chi connectivity index (χ1) is 5.34. The van der Waals surface area contributed by atoms with Crippen molar-refractivity contribution < 1.29 is 4.79 Å². The summed E-state index contributed by atoms with van der Waals surface area (Å²) < 4.78 is 1.35. The van der Waals surface area contributed by atoms with Crippen LogP contribution in [0.4, 0.5) is 4.79 Å². The molecule has 0 atom stereocenters. The molecule has 0 saturated heterocycles. The SMILES string of the molecule is CCNNC(=O)n1ccnc1. The Hall–Kier alpha value is -1.36. The van der Waals surface area contributed by atoms with Crippen LogP contribution in [0.15, 0.2) is 18.7 Å². The molecular weight excluding hydrogens is 144 g/mol. The number of carbonyl (C=O) groups excluding carboxylic acids is 1. The first-order valence-corrected chi connectivity index (χ1v) is 3.35. The molecule has 2 N–H and O–H groups in total. The van der Waals surface area contributed by atoms with E-state index in [0.29, 0.717) is 6.54 Å². The average Bonchev–Trinajstić information content (AvgIpc) is 2.52. The Kier molecular flexibility index (Phi) is 2.62. The predicted molar refractivity (Wildman–Crippen MR) is 39.8 cm³/mol. The van der Waals surface area contributed by atoms with E-state index in [4.69, 9.17) is 0 Å². The summed E-state index contributed by atoms with van der Waals surface area (Å²) in [5.41, 5.74) is 5.16. The number of hydrogen-bond donors (Lipinski definition) is 2. The average molecular weight is 154 g/mol. The second-order valence-electron chi connectivity index (χ2n) is 1.93. The molecule has 1 aromatic rings. The molecule has 0 bridgehead atoms. The highest BCUT2D eigenvalue weighted by atomic mass is 16.2. The van der Waals surface area contributed by atoms with Gasteiger partial charge in [-0.05, 0) is 0 Å². The van der Waals surface area contributed by atoms with Crippen LogP contribution in [-0.4, -0.2) is 22.1 Å². The van der Waals surface area contributed by atoms with Gasteiger partial charge in [-0.2, -0.15) is 0 Å². The van der Waals surface area contributed by atoms with E-state index in [9.17, 15) is 4.79 Å². The second-order valence-corrected chi connectivity index (χ2v) is 1.93. The molecule has 0 unspecified atom stereocenters. The Balaban J connectivity index is 2.43. The van der Waals surface area contributed by atoms with Gasteiger partial charge in [0.2, 0.25) is 0 Å². The van der Waals surface area contributed by atoms with Gasteiger partial charge in [0.15, 0.2) is 0 Å². The van der Waals surface area contributed by atoms with Crippen molar-refractivity contribution in [3.8, 4) is 0 Å². The summed E-state index contributed by atoms with van der Waals surface area (Å²) >= 11 is 0. The molecule has 0 aromatic carbocycles. The van der Waals surface area contributed by atoms with Gasteiger partial charge < -0.3 is 0 Å². The summed E-state index contributed by atoms with van der Waals surface area (Å²) in [6.45, 7) is 2.59. The molecule has 0 aliphatic heterocycles. The third-order valence-corrected chi connectivity index (χ3v) is 1.11. The summed E-state index contributed by atoms with van der Waals surface area (Å²) in [5, 5.41) is 0. The van der Waals surface area contributed by atoms with Crippen molar-refractivity contribution >= 4 is 6.03 Å². The maximum absolute atomic E-state index is 11.0. The highest BCUT2D eigenvalue weighted by molar-refractivity contribution is 5.75. The normalized spacial score (nSPS) is 9.55. The zero-order chi connectivity index (χ0) is 8.10. The molecule has 60 valence electrons. The first-order valence-electron chi connectivity index (χ1n) is 3.35. The number of nitrogens with zero attached hydrogens (tertiary/aromatic N) is 2. The van der Waals surface area contributed by atoms with Gasteiger partial charge in [-0.15, -0.1) is 0 Å². The molecule has 0 spiro atoms. The molecule has 5 nitrogen and oxygen atoms in total. The van der Waals surface area contributed by atoms with Gasteiger partial charge in [-0.25, -0.2) is 15.2 Å². The highest BCUT2D eigenvalue weighted by Crippen LogP contribution is 1.82. The third-order valence-electron chi connectivity index (χ3n) is 1.11. The van der Waals surface area contributed by atoms with Crippen LogP contribution < -0.4 is 10.9 Å². The van der Waals surface area contributed by atoms with E-state index in [1.165, 1.54) is 10.9 Å². The van der Waals surface area contributed by atoms with Crippen LogP contribution in [0, 0.1) is 0 Å². The van der Waals surface area contributed by atoms with Crippen molar-refractivity contribution in [2.45, 2.75) is 6.92 Å². The molecule has 0 aliphatic carbocycles. The number of hydrazine groups is 1. The van der Waals surface area contributed by atoms with E-state index in [2.05, 4.69) is 15.8 Å². The van der Waals surface area contributed by atoms with Crippen molar-refractivity contribution in [3.63, 3.8) is 0 Å². The molecule has 1 aromatic heterocycles. The van der Waals surface area contributed by atoms with Crippen molar-refractivity contribution in [1.29, 1.82) is 0 Å². The van der Waals surface area contributed by atoms with Crippen LogP contribution in [0.2, 0.25) is 0 Å². The highest BCUT2D eigenvalue weighted by Gasteiger charge is 1.98. The van der Waals surface area contributed by atoms with Crippen LogP contribution in [-0.2, 0) is 0 Å². The van der Waals surface area contributed by atoms with Gasteiger partial charge >= 0.3 is 6.03 Å². The minimum atomic E-state index is -0.232. The zero-order valence-electron chi connectivity index (χ0n) is 6.24. The van der Waals surface area contributed by atoms with Gasteiger partial charge in [0, 0.05) is 18.9 Å². The lowest BCUT2D eigenvalue weighted by molar-refractivity contribution is 0.238. The van der Waals surface area contributed by atoms with Crippen molar-refractivity contribution in [2.24, 2.45) is 0 Å². The minimum Gasteiger partial charge on any atom is -0.273 e. The second kappa shape index (κ2) is 3.72. The predicted octanol–water partition coefficient (Wildman–Crippen LogP) is -0.0347. The molecule has 1 rings (SSSR count). The topological polar surface area (TPSA) is 58.9 Å². The lowest BCUT2D eigenvalue weighted by atomic mass is 10.8. The molecule has 0 fully saturated rings. The molecule has 1 heterocycles. The first kappa shape index (κ1) is 7.74. The Morgan fingerprint density at radius 3 is 3.09 bits per heavy atom. The number of hydrogen-bond acceptors (Lipinski definition) is 3. The zero-order valence-corrected chi connectivity index (χ0v) is 6.24. The number of amides is 1. The number of aromatic nitrogens is 2. The lowest BCUT2D eigenvalue weighted by Crippen LogP contribution is -2.39. The van der Waals surface area contributed by atoms with Gasteiger partial charge in [-0.3, -0.25) is 9.99 Å². The summed E-state index contributed by atoms with van der Waals surface area (Å²) in [6, 6.07) is -0.232. The largest absolute Gasteiger partial charge is 0.341 e. The Morgan fingerprint density at radius 2 is 2.55 bits per heavy atom. The minimum absolute atomic E-state index is 0.232. The molecule has 0 radical (unpaired) electrons. The molecule has 5 heteroatoms. The molecule has 11 heavy (non-hydrogen) atoms. The molecule has 0 saturated carbocycles. The monoisotopic (exact) mass is 154 g/mol. The maximum atomic E-state index is 11.0. The maximum Gasteiger partial charge on any atom is 0.341 e. The molecule has 1 amide bonds.